The minimum Gasteiger partial charge on any atom is -0.465 e. The Kier molecular flexibility index (Phi) is 4.07. The van der Waals surface area contributed by atoms with Gasteiger partial charge in [0.15, 0.2) is 0 Å². The molecule has 19 heavy (non-hydrogen) atoms. The number of hydrogen-bond donors (Lipinski definition) is 1. The Morgan fingerprint density at radius 1 is 1.37 bits per heavy atom. The van der Waals surface area contributed by atoms with Gasteiger partial charge in [0.25, 0.3) is 0 Å². The molecule has 0 amide bonds. The summed E-state index contributed by atoms with van der Waals surface area (Å²) in [7, 11) is 1.37. The van der Waals surface area contributed by atoms with Crippen LogP contribution in [0.4, 0.5) is 5.69 Å². The molecule has 98 valence electrons. The fraction of sp³-hybridized carbons (Fsp3) is 0.214. The predicted molar refractivity (Wildman–Crippen MR) is 71.9 cm³/mol. The van der Waals surface area contributed by atoms with Crippen LogP contribution in [-0.4, -0.2) is 23.0 Å². The van der Waals surface area contributed by atoms with Gasteiger partial charge in [0.2, 0.25) is 0 Å². The largest absolute Gasteiger partial charge is 0.465 e. The van der Waals surface area contributed by atoms with Gasteiger partial charge in [-0.1, -0.05) is 0 Å². The molecule has 0 aliphatic carbocycles. The zero-order valence-corrected chi connectivity index (χ0v) is 10.9. The third-order valence-electron chi connectivity index (χ3n) is 2.75. The molecule has 2 aromatic rings. The van der Waals surface area contributed by atoms with Crippen LogP contribution in [0.2, 0.25) is 0 Å². The van der Waals surface area contributed by atoms with Gasteiger partial charge in [0, 0.05) is 11.9 Å². The van der Waals surface area contributed by atoms with Crippen molar-refractivity contribution in [3.63, 3.8) is 0 Å². The molecule has 0 fully saturated rings. The zero-order chi connectivity index (χ0) is 13.7. The van der Waals surface area contributed by atoms with Gasteiger partial charge >= 0.3 is 5.97 Å². The smallest absolute Gasteiger partial charge is 0.337 e. The molecule has 1 aromatic heterocycles. The van der Waals surface area contributed by atoms with Crippen LogP contribution in [0.5, 0.6) is 0 Å². The van der Waals surface area contributed by atoms with E-state index in [1.54, 1.807) is 18.3 Å². The summed E-state index contributed by atoms with van der Waals surface area (Å²) in [4.78, 5) is 19.4. The van der Waals surface area contributed by atoms with Crippen molar-refractivity contribution < 1.29 is 9.53 Å². The van der Waals surface area contributed by atoms with Crippen molar-refractivity contribution in [2.24, 2.45) is 0 Å². The number of methoxy groups -OCH3 is 1. The van der Waals surface area contributed by atoms with Crippen molar-refractivity contribution in [1.82, 2.24) is 9.97 Å². The second-order valence-corrected chi connectivity index (χ2v) is 4.08. The van der Waals surface area contributed by atoms with Crippen LogP contribution in [0.15, 0.2) is 36.8 Å². The molecule has 5 nitrogen and oxygen atoms in total. The molecule has 0 saturated carbocycles. The first-order valence-corrected chi connectivity index (χ1v) is 5.88. The Morgan fingerprint density at radius 3 is 2.84 bits per heavy atom. The number of anilines is 1. The second kappa shape index (κ2) is 5.95. The molecule has 0 aliphatic rings. The lowest BCUT2D eigenvalue weighted by molar-refractivity contribution is 0.0600. The average Bonchev–Trinajstić information content (AvgIpc) is 2.46. The lowest BCUT2D eigenvalue weighted by Gasteiger charge is -2.10. The minimum atomic E-state index is -0.328. The molecule has 1 N–H and O–H groups in total. The fourth-order valence-electron chi connectivity index (χ4n) is 1.72. The molecular formula is C14H15N3O2. The fourth-order valence-corrected chi connectivity index (χ4v) is 1.72. The van der Waals surface area contributed by atoms with E-state index in [1.807, 2.05) is 19.1 Å². The standard InChI is InChI=1S/C14H15N3O2/c1-10-7-11(14(18)19-2)3-4-13(10)16-8-12-5-6-15-9-17-12/h3-7,9,16H,8H2,1-2H3. The van der Waals surface area contributed by atoms with E-state index in [0.717, 1.165) is 16.9 Å². The van der Waals surface area contributed by atoms with E-state index in [1.165, 1.54) is 13.4 Å². The molecule has 1 heterocycles. The van der Waals surface area contributed by atoms with E-state index in [2.05, 4.69) is 20.0 Å². The Labute approximate surface area is 111 Å². The average molecular weight is 257 g/mol. The molecule has 1 aromatic carbocycles. The molecule has 2 rings (SSSR count). The van der Waals surface area contributed by atoms with Crippen LogP contribution in [0.25, 0.3) is 0 Å². The van der Waals surface area contributed by atoms with E-state index in [4.69, 9.17) is 0 Å². The quantitative estimate of drug-likeness (QED) is 0.850. The number of carbonyl (C=O) groups excluding carboxylic acids is 1. The third kappa shape index (κ3) is 3.28. The van der Waals surface area contributed by atoms with Crippen molar-refractivity contribution in [3.05, 3.63) is 53.6 Å². The number of ether oxygens (including phenoxy) is 1. The maximum absolute atomic E-state index is 11.4. The summed E-state index contributed by atoms with van der Waals surface area (Å²) in [5.74, 6) is -0.328. The summed E-state index contributed by atoms with van der Waals surface area (Å²) in [6, 6.07) is 7.25. The van der Waals surface area contributed by atoms with Gasteiger partial charge in [0.05, 0.1) is 24.9 Å². The summed E-state index contributed by atoms with van der Waals surface area (Å²) < 4.78 is 4.68. The third-order valence-corrected chi connectivity index (χ3v) is 2.75. The zero-order valence-electron chi connectivity index (χ0n) is 10.9. The van der Waals surface area contributed by atoms with Crippen molar-refractivity contribution in [1.29, 1.82) is 0 Å². The normalized spacial score (nSPS) is 10.0. The summed E-state index contributed by atoms with van der Waals surface area (Å²) in [6.45, 7) is 2.55. The Morgan fingerprint density at radius 2 is 2.21 bits per heavy atom. The highest BCUT2D eigenvalue weighted by atomic mass is 16.5. The van der Waals surface area contributed by atoms with Gasteiger partial charge in [-0.25, -0.2) is 14.8 Å². The maximum atomic E-state index is 11.4. The topological polar surface area (TPSA) is 64.1 Å². The van der Waals surface area contributed by atoms with Crippen molar-refractivity contribution in [2.45, 2.75) is 13.5 Å². The van der Waals surface area contributed by atoms with E-state index in [0.29, 0.717) is 12.1 Å². The highest BCUT2D eigenvalue weighted by molar-refractivity contribution is 5.90. The highest BCUT2D eigenvalue weighted by Crippen LogP contribution is 2.17. The number of carbonyl (C=O) groups is 1. The van der Waals surface area contributed by atoms with Gasteiger partial charge < -0.3 is 10.1 Å². The van der Waals surface area contributed by atoms with E-state index >= 15 is 0 Å². The number of benzene rings is 1. The van der Waals surface area contributed by atoms with Crippen LogP contribution in [0.3, 0.4) is 0 Å². The summed E-state index contributed by atoms with van der Waals surface area (Å²) >= 11 is 0. The van der Waals surface area contributed by atoms with Crippen molar-refractivity contribution in [3.8, 4) is 0 Å². The first-order valence-electron chi connectivity index (χ1n) is 5.88. The van der Waals surface area contributed by atoms with E-state index in [-0.39, 0.29) is 5.97 Å². The van der Waals surface area contributed by atoms with Gasteiger partial charge in [-0.05, 0) is 36.8 Å². The van der Waals surface area contributed by atoms with E-state index in [9.17, 15) is 4.79 Å². The first-order chi connectivity index (χ1) is 9.20. The molecule has 0 bridgehead atoms. The molecule has 0 aliphatic heterocycles. The van der Waals surface area contributed by atoms with E-state index < -0.39 is 0 Å². The second-order valence-electron chi connectivity index (χ2n) is 4.08. The molecule has 0 radical (unpaired) electrons. The maximum Gasteiger partial charge on any atom is 0.337 e. The summed E-state index contributed by atoms with van der Waals surface area (Å²) in [6.07, 6.45) is 3.22. The predicted octanol–water partition coefficient (Wildman–Crippen LogP) is 2.18. The number of aromatic nitrogens is 2. The van der Waals surface area contributed by atoms with Gasteiger partial charge in [-0.2, -0.15) is 0 Å². The van der Waals surface area contributed by atoms with Crippen LogP contribution in [0, 0.1) is 6.92 Å². The number of nitrogens with one attached hydrogen (secondary N) is 1. The number of rotatable bonds is 4. The molecular weight excluding hydrogens is 242 g/mol. The number of nitrogens with zero attached hydrogens (tertiary/aromatic N) is 2. The first kappa shape index (κ1) is 13.0. The van der Waals surface area contributed by atoms with Crippen LogP contribution in [-0.2, 0) is 11.3 Å². The van der Waals surface area contributed by atoms with Crippen molar-refractivity contribution in [2.75, 3.05) is 12.4 Å². The minimum absolute atomic E-state index is 0.328. The van der Waals surface area contributed by atoms with Crippen LogP contribution < -0.4 is 5.32 Å². The molecule has 0 saturated heterocycles. The molecule has 5 heteroatoms. The molecule has 0 unspecified atom stereocenters. The highest BCUT2D eigenvalue weighted by Gasteiger charge is 2.07. The lowest BCUT2D eigenvalue weighted by atomic mass is 10.1. The SMILES string of the molecule is COC(=O)c1ccc(NCc2ccncn2)c(C)c1. The van der Waals surface area contributed by atoms with Gasteiger partial charge in [0.1, 0.15) is 6.33 Å². The summed E-state index contributed by atoms with van der Waals surface area (Å²) in [5, 5.41) is 3.27. The Hall–Kier alpha value is -2.43. The number of hydrogen-bond acceptors (Lipinski definition) is 5. The number of esters is 1. The van der Waals surface area contributed by atoms with Gasteiger partial charge in [-0.3, -0.25) is 0 Å². The van der Waals surface area contributed by atoms with Crippen molar-refractivity contribution >= 4 is 11.7 Å². The monoisotopic (exact) mass is 257 g/mol. The molecule has 0 spiro atoms. The lowest BCUT2D eigenvalue weighted by Crippen LogP contribution is -2.05. The van der Waals surface area contributed by atoms with Crippen LogP contribution in [0.1, 0.15) is 21.6 Å². The Balaban J connectivity index is 2.07. The van der Waals surface area contributed by atoms with Gasteiger partial charge in [-0.15, -0.1) is 0 Å². The Bertz CT molecular complexity index is 570. The summed E-state index contributed by atoms with van der Waals surface area (Å²) in [5.41, 5.74) is 3.40. The number of aryl methyl sites for hydroxylation is 1. The molecule has 0 atom stereocenters. The van der Waals surface area contributed by atoms with Crippen LogP contribution >= 0.6 is 0 Å².